The summed E-state index contributed by atoms with van der Waals surface area (Å²) in [4.78, 5) is 0. The number of nitriles is 1. The van der Waals surface area contributed by atoms with Crippen LogP contribution in [0.25, 0.3) is 0 Å². The number of halogens is 1. The molecule has 0 bridgehead atoms. The molecule has 0 aromatic heterocycles. The highest BCUT2D eigenvalue weighted by molar-refractivity contribution is 6.33. The van der Waals surface area contributed by atoms with Crippen molar-refractivity contribution in [3.05, 3.63) is 28.8 Å². The van der Waals surface area contributed by atoms with Gasteiger partial charge in [-0.25, -0.2) is 0 Å². The van der Waals surface area contributed by atoms with E-state index in [0.717, 1.165) is 5.69 Å². The first-order valence-corrected chi connectivity index (χ1v) is 5.06. The van der Waals surface area contributed by atoms with Crippen LogP contribution in [-0.4, -0.2) is 17.3 Å². The number of nitrogens with one attached hydrogen (secondary N) is 1. The van der Waals surface area contributed by atoms with Gasteiger partial charge in [0.25, 0.3) is 0 Å². The molecule has 3 nitrogen and oxygen atoms in total. The average Bonchev–Trinajstić information content (AvgIpc) is 2.20. The lowest BCUT2D eigenvalue weighted by atomic mass is 10.1. The first-order valence-electron chi connectivity index (χ1n) is 4.69. The minimum atomic E-state index is -0.461. The van der Waals surface area contributed by atoms with E-state index in [2.05, 4.69) is 5.32 Å². The number of anilines is 1. The topological polar surface area (TPSA) is 56.0 Å². The predicted molar refractivity (Wildman–Crippen MR) is 60.9 cm³/mol. The van der Waals surface area contributed by atoms with E-state index in [1.54, 1.807) is 25.1 Å². The fourth-order valence-corrected chi connectivity index (χ4v) is 1.30. The fraction of sp³-hybridized carbons (Fsp3) is 0.364. The third-order valence-electron chi connectivity index (χ3n) is 2.20. The van der Waals surface area contributed by atoms with Crippen LogP contribution in [0, 0.1) is 11.3 Å². The molecule has 2 atom stereocenters. The highest BCUT2D eigenvalue weighted by Gasteiger charge is 2.10. The van der Waals surface area contributed by atoms with E-state index in [0.29, 0.717) is 10.6 Å². The molecule has 0 aliphatic heterocycles. The predicted octanol–water partition coefficient (Wildman–Crippen LogP) is 2.39. The standard InChI is InChI=1S/C11H13ClN2O/c1-7(8(2)15)14-11-4-3-9(6-13)5-10(11)12/h3-5,7-8,14-15H,1-2H3. The van der Waals surface area contributed by atoms with Crippen molar-refractivity contribution in [1.29, 1.82) is 5.26 Å². The van der Waals surface area contributed by atoms with Crippen molar-refractivity contribution in [1.82, 2.24) is 0 Å². The van der Waals surface area contributed by atoms with E-state index < -0.39 is 6.10 Å². The van der Waals surface area contributed by atoms with E-state index in [4.69, 9.17) is 16.9 Å². The van der Waals surface area contributed by atoms with E-state index in [1.165, 1.54) is 0 Å². The second-order valence-electron chi connectivity index (χ2n) is 3.48. The number of aliphatic hydroxyl groups excluding tert-OH is 1. The van der Waals surface area contributed by atoms with Gasteiger partial charge in [0.1, 0.15) is 0 Å². The van der Waals surface area contributed by atoms with Crippen LogP contribution >= 0.6 is 11.6 Å². The van der Waals surface area contributed by atoms with Crippen molar-refractivity contribution in [2.45, 2.75) is 26.0 Å². The zero-order valence-electron chi connectivity index (χ0n) is 8.66. The Kier molecular flexibility index (Phi) is 3.96. The molecular formula is C11H13ClN2O. The van der Waals surface area contributed by atoms with Crippen LogP contribution in [0.4, 0.5) is 5.69 Å². The van der Waals surface area contributed by atoms with Gasteiger partial charge in [-0.05, 0) is 32.0 Å². The molecule has 0 saturated heterocycles. The summed E-state index contributed by atoms with van der Waals surface area (Å²) in [6.45, 7) is 3.56. The van der Waals surface area contributed by atoms with Crippen LogP contribution in [0.2, 0.25) is 5.02 Å². The van der Waals surface area contributed by atoms with E-state index in [1.807, 2.05) is 13.0 Å². The van der Waals surface area contributed by atoms with Gasteiger partial charge in [-0.3, -0.25) is 0 Å². The average molecular weight is 225 g/mol. The molecule has 1 aromatic carbocycles. The number of aliphatic hydroxyl groups is 1. The monoisotopic (exact) mass is 224 g/mol. The van der Waals surface area contributed by atoms with Gasteiger partial charge in [-0.2, -0.15) is 5.26 Å². The van der Waals surface area contributed by atoms with E-state index in [-0.39, 0.29) is 6.04 Å². The normalized spacial score (nSPS) is 14.1. The molecule has 0 spiro atoms. The van der Waals surface area contributed by atoms with Crippen molar-refractivity contribution in [2.24, 2.45) is 0 Å². The second kappa shape index (κ2) is 5.01. The number of rotatable bonds is 3. The molecule has 1 aromatic rings. The van der Waals surface area contributed by atoms with Gasteiger partial charge in [0.05, 0.1) is 28.4 Å². The van der Waals surface area contributed by atoms with Crippen molar-refractivity contribution in [3.63, 3.8) is 0 Å². The molecule has 2 unspecified atom stereocenters. The molecular weight excluding hydrogens is 212 g/mol. The lowest BCUT2D eigenvalue weighted by Gasteiger charge is -2.18. The molecule has 0 heterocycles. The first kappa shape index (κ1) is 11.8. The zero-order valence-corrected chi connectivity index (χ0v) is 9.42. The van der Waals surface area contributed by atoms with E-state index >= 15 is 0 Å². The third-order valence-corrected chi connectivity index (χ3v) is 2.52. The van der Waals surface area contributed by atoms with Crippen LogP contribution in [0.1, 0.15) is 19.4 Å². The van der Waals surface area contributed by atoms with Gasteiger partial charge in [0.2, 0.25) is 0 Å². The smallest absolute Gasteiger partial charge is 0.0992 e. The zero-order chi connectivity index (χ0) is 11.4. The molecule has 2 N–H and O–H groups in total. The van der Waals surface area contributed by atoms with Gasteiger partial charge in [-0.15, -0.1) is 0 Å². The van der Waals surface area contributed by atoms with Crippen LogP contribution in [0.15, 0.2) is 18.2 Å². The Hall–Kier alpha value is -1.24. The molecule has 0 saturated carbocycles. The third kappa shape index (κ3) is 3.12. The highest BCUT2D eigenvalue weighted by atomic mass is 35.5. The van der Waals surface area contributed by atoms with E-state index in [9.17, 15) is 5.11 Å². The quantitative estimate of drug-likeness (QED) is 0.829. The summed E-state index contributed by atoms with van der Waals surface area (Å²) < 4.78 is 0. The number of hydrogen-bond acceptors (Lipinski definition) is 3. The Labute approximate surface area is 94.3 Å². The summed E-state index contributed by atoms with van der Waals surface area (Å²) in [6.07, 6.45) is -0.461. The molecule has 1 rings (SSSR count). The summed E-state index contributed by atoms with van der Waals surface area (Å²) in [7, 11) is 0. The molecule has 0 aliphatic rings. The molecule has 15 heavy (non-hydrogen) atoms. The maximum atomic E-state index is 9.32. The molecule has 4 heteroatoms. The van der Waals surface area contributed by atoms with Gasteiger partial charge >= 0.3 is 0 Å². The van der Waals surface area contributed by atoms with Gasteiger partial charge in [0, 0.05) is 6.04 Å². The fourth-order valence-electron chi connectivity index (χ4n) is 1.07. The lowest BCUT2D eigenvalue weighted by Crippen LogP contribution is -2.27. The maximum absolute atomic E-state index is 9.32. The van der Waals surface area contributed by atoms with Crippen LogP contribution < -0.4 is 5.32 Å². The second-order valence-corrected chi connectivity index (χ2v) is 3.89. The van der Waals surface area contributed by atoms with Gasteiger partial charge in [-0.1, -0.05) is 11.6 Å². The largest absolute Gasteiger partial charge is 0.391 e. The SMILES string of the molecule is CC(O)C(C)Nc1ccc(C#N)cc1Cl. The number of hydrogen-bond donors (Lipinski definition) is 2. The summed E-state index contributed by atoms with van der Waals surface area (Å²) in [5, 5.41) is 21.5. The van der Waals surface area contributed by atoms with Crippen molar-refractivity contribution in [2.75, 3.05) is 5.32 Å². The molecule has 80 valence electrons. The highest BCUT2D eigenvalue weighted by Crippen LogP contribution is 2.23. The Morgan fingerprint density at radius 1 is 1.47 bits per heavy atom. The molecule has 0 fully saturated rings. The van der Waals surface area contributed by atoms with Gasteiger partial charge < -0.3 is 10.4 Å². The summed E-state index contributed by atoms with van der Waals surface area (Å²) in [6, 6.07) is 6.94. The maximum Gasteiger partial charge on any atom is 0.0992 e. The molecule has 0 aliphatic carbocycles. The Balaban J connectivity index is 2.84. The van der Waals surface area contributed by atoms with Crippen molar-refractivity contribution >= 4 is 17.3 Å². The van der Waals surface area contributed by atoms with Crippen LogP contribution in [0.5, 0.6) is 0 Å². The minimum absolute atomic E-state index is 0.0876. The number of benzene rings is 1. The summed E-state index contributed by atoms with van der Waals surface area (Å²) >= 11 is 5.96. The minimum Gasteiger partial charge on any atom is -0.391 e. The van der Waals surface area contributed by atoms with Crippen LogP contribution in [-0.2, 0) is 0 Å². The summed E-state index contributed by atoms with van der Waals surface area (Å²) in [5.41, 5.74) is 1.25. The van der Waals surface area contributed by atoms with Crippen molar-refractivity contribution in [3.8, 4) is 6.07 Å². The Bertz CT molecular complexity index is 385. The molecule has 0 amide bonds. The Morgan fingerprint density at radius 2 is 2.13 bits per heavy atom. The molecule has 0 radical (unpaired) electrons. The lowest BCUT2D eigenvalue weighted by molar-refractivity contribution is 0.178. The summed E-state index contributed by atoms with van der Waals surface area (Å²) in [5.74, 6) is 0. The van der Waals surface area contributed by atoms with Crippen molar-refractivity contribution < 1.29 is 5.11 Å². The Morgan fingerprint density at radius 3 is 2.60 bits per heavy atom. The first-order chi connectivity index (χ1) is 7.04. The number of nitrogens with zero attached hydrogens (tertiary/aromatic N) is 1. The van der Waals surface area contributed by atoms with Gasteiger partial charge in [0.15, 0.2) is 0 Å². The van der Waals surface area contributed by atoms with Crippen LogP contribution in [0.3, 0.4) is 0 Å².